The van der Waals surface area contributed by atoms with Crippen LogP contribution >= 0.6 is 11.8 Å². The smallest absolute Gasteiger partial charge is 0.129 e. The van der Waals surface area contributed by atoms with Gasteiger partial charge in [0.1, 0.15) is 5.75 Å². The summed E-state index contributed by atoms with van der Waals surface area (Å²) < 4.78 is 0. The van der Waals surface area contributed by atoms with Crippen molar-refractivity contribution in [2.45, 2.75) is 11.4 Å². The summed E-state index contributed by atoms with van der Waals surface area (Å²) in [6, 6.07) is 5.46. The lowest BCUT2D eigenvalue weighted by atomic mass is 10.2. The van der Waals surface area contributed by atoms with E-state index in [9.17, 15) is 5.11 Å². The highest BCUT2D eigenvalue weighted by atomic mass is 32.2. The zero-order chi connectivity index (χ0) is 9.68. The van der Waals surface area contributed by atoms with Gasteiger partial charge in [0.15, 0.2) is 0 Å². The van der Waals surface area contributed by atoms with Gasteiger partial charge in [-0.3, -0.25) is 0 Å². The Bertz CT molecular complexity index is 278. The SMILES string of the molecule is CONCc1cccc(O)c1SC. The van der Waals surface area contributed by atoms with Gasteiger partial charge < -0.3 is 9.94 Å². The van der Waals surface area contributed by atoms with E-state index in [4.69, 9.17) is 4.84 Å². The number of hydrogen-bond donors (Lipinski definition) is 2. The van der Waals surface area contributed by atoms with E-state index in [0.29, 0.717) is 12.3 Å². The Kier molecular flexibility index (Phi) is 4.08. The van der Waals surface area contributed by atoms with Crippen molar-refractivity contribution in [3.05, 3.63) is 23.8 Å². The maximum absolute atomic E-state index is 9.50. The van der Waals surface area contributed by atoms with E-state index in [0.717, 1.165) is 10.5 Å². The molecule has 0 unspecified atom stereocenters. The molecule has 0 fully saturated rings. The van der Waals surface area contributed by atoms with Gasteiger partial charge in [-0.25, -0.2) is 0 Å². The van der Waals surface area contributed by atoms with Crippen LogP contribution in [0.1, 0.15) is 5.56 Å². The standard InChI is InChI=1S/C9H13NO2S/c1-12-10-6-7-4-3-5-8(11)9(7)13-2/h3-5,10-11H,6H2,1-2H3. The molecule has 1 rings (SSSR count). The van der Waals surface area contributed by atoms with E-state index in [1.165, 1.54) is 11.8 Å². The molecule has 0 aliphatic heterocycles. The van der Waals surface area contributed by atoms with Crippen LogP contribution in [0.5, 0.6) is 5.75 Å². The van der Waals surface area contributed by atoms with Crippen molar-refractivity contribution in [2.24, 2.45) is 0 Å². The molecule has 1 aromatic carbocycles. The van der Waals surface area contributed by atoms with E-state index in [1.54, 1.807) is 13.2 Å². The first-order chi connectivity index (χ1) is 6.29. The molecule has 0 aliphatic rings. The lowest BCUT2D eigenvalue weighted by Crippen LogP contribution is -2.11. The molecule has 0 spiro atoms. The Morgan fingerprint density at radius 1 is 1.54 bits per heavy atom. The Labute approximate surface area is 82.1 Å². The first kappa shape index (κ1) is 10.4. The van der Waals surface area contributed by atoms with E-state index >= 15 is 0 Å². The van der Waals surface area contributed by atoms with Crippen LogP contribution in [0.25, 0.3) is 0 Å². The molecule has 0 aromatic heterocycles. The summed E-state index contributed by atoms with van der Waals surface area (Å²) in [5.41, 5.74) is 3.78. The number of hydrogen-bond acceptors (Lipinski definition) is 4. The molecule has 0 bridgehead atoms. The second kappa shape index (κ2) is 5.11. The van der Waals surface area contributed by atoms with Crippen molar-refractivity contribution in [1.82, 2.24) is 5.48 Å². The Morgan fingerprint density at radius 2 is 2.31 bits per heavy atom. The molecular weight excluding hydrogens is 186 g/mol. The normalized spacial score (nSPS) is 10.3. The fraction of sp³-hybridized carbons (Fsp3) is 0.333. The van der Waals surface area contributed by atoms with Gasteiger partial charge in [0.2, 0.25) is 0 Å². The third-order valence-electron chi connectivity index (χ3n) is 1.69. The molecule has 0 saturated heterocycles. The molecule has 0 amide bonds. The number of aromatic hydroxyl groups is 1. The molecule has 3 nitrogen and oxygen atoms in total. The summed E-state index contributed by atoms with van der Waals surface area (Å²) in [6.07, 6.45) is 1.94. The zero-order valence-electron chi connectivity index (χ0n) is 7.70. The van der Waals surface area contributed by atoms with Crippen molar-refractivity contribution < 1.29 is 9.94 Å². The Balaban J connectivity index is 2.85. The van der Waals surface area contributed by atoms with Gasteiger partial charge in [0, 0.05) is 6.54 Å². The first-order valence-electron chi connectivity index (χ1n) is 3.90. The van der Waals surface area contributed by atoms with E-state index < -0.39 is 0 Å². The highest BCUT2D eigenvalue weighted by Crippen LogP contribution is 2.29. The van der Waals surface area contributed by atoms with Crippen LogP contribution in [-0.2, 0) is 11.4 Å². The molecule has 13 heavy (non-hydrogen) atoms. The minimum Gasteiger partial charge on any atom is -0.507 e. The summed E-state index contributed by atoms with van der Waals surface area (Å²) in [5, 5.41) is 9.50. The number of rotatable bonds is 4. The summed E-state index contributed by atoms with van der Waals surface area (Å²) in [5.74, 6) is 0.322. The number of phenolic OH excluding ortho intramolecular Hbond substituents is 1. The lowest BCUT2D eigenvalue weighted by molar-refractivity contribution is 0.0861. The second-order valence-corrected chi connectivity index (χ2v) is 3.31. The number of nitrogens with one attached hydrogen (secondary N) is 1. The number of benzene rings is 1. The average Bonchev–Trinajstić information content (AvgIpc) is 2.15. The highest BCUT2D eigenvalue weighted by Gasteiger charge is 2.05. The van der Waals surface area contributed by atoms with Gasteiger partial charge in [-0.2, -0.15) is 5.48 Å². The number of thioether (sulfide) groups is 1. The average molecular weight is 199 g/mol. The van der Waals surface area contributed by atoms with Crippen molar-refractivity contribution >= 4 is 11.8 Å². The van der Waals surface area contributed by atoms with Crippen molar-refractivity contribution in [3.63, 3.8) is 0 Å². The Morgan fingerprint density at radius 3 is 2.92 bits per heavy atom. The summed E-state index contributed by atoms with van der Waals surface area (Å²) >= 11 is 1.53. The van der Waals surface area contributed by atoms with Crippen LogP contribution in [0.2, 0.25) is 0 Å². The van der Waals surface area contributed by atoms with Crippen molar-refractivity contribution in [1.29, 1.82) is 0 Å². The predicted octanol–water partition coefficient (Wildman–Crippen LogP) is 1.77. The molecular formula is C9H13NO2S. The highest BCUT2D eigenvalue weighted by molar-refractivity contribution is 7.98. The van der Waals surface area contributed by atoms with Gasteiger partial charge in [-0.15, -0.1) is 11.8 Å². The molecule has 72 valence electrons. The summed E-state index contributed by atoms with van der Waals surface area (Å²) in [7, 11) is 1.57. The van der Waals surface area contributed by atoms with Crippen LogP contribution in [0.15, 0.2) is 23.1 Å². The monoisotopic (exact) mass is 199 g/mol. The molecule has 0 heterocycles. The van der Waals surface area contributed by atoms with Gasteiger partial charge in [-0.1, -0.05) is 12.1 Å². The minimum atomic E-state index is 0.322. The minimum absolute atomic E-state index is 0.322. The molecule has 2 N–H and O–H groups in total. The maximum Gasteiger partial charge on any atom is 0.129 e. The largest absolute Gasteiger partial charge is 0.507 e. The molecule has 4 heteroatoms. The zero-order valence-corrected chi connectivity index (χ0v) is 8.52. The van der Waals surface area contributed by atoms with E-state index in [-0.39, 0.29) is 0 Å². The van der Waals surface area contributed by atoms with Gasteiger partial charge in [-0.05, 0) is 17.9 Å². The molecule has 0 atom stereocenters. The molecule has 1 aromatic rings. The topological polar surface area (TPSA) is 41.5 Å². The summed E-state index contributed by atoms with van der Waals surface area (Å²) in [4.78, 5) is 5.64. The van der Waals surface area contributed by atoms with E-state index in [2.05, 4.69) is 5.48 Å². The quantitative estimate of drug-likeness (QED) is 0.573. The summed E-state index contributed by atoms with van der Waals surface area (Å²) in [6.45, 7) is 0.598. The first-order valence-corrected chi connectivity index (χ1v) is 5.12. The van der Waals surface area contributed by atoms with Crippen LogP contribution in [0.3, 0.4) is 0 Å². The van der Waals surface area contributed by atoms with Crippen molar-refractivity contribution in [3.8, 4) is 5.75 Å². The van der Waals surface area contributed by atoms with Crippen molar-refractivity contribution in [2.75, 3.05) is 13.4 Å². The third-order valence-corrected chi connectivity index (χ3v) is 2.57. The van der Waals surface area contributed by atoms with Crippen LogP contribution in [0.4, 0.5) is 0 Å². The van der Waals surface area contributed by atoms with Crippen LogP contribution in [0, 0.1) is 0 Å². The molecule has 0 aliphatic carbocycles. The predicted molar refractivity (Wildman–Crippen MR) is 53.7 cm³/mol. The van der Waals surface area contributed by atoms with Crippen LogP contribution in [-0.4, -0.2) is 18.5 Å². The van der Waals surface area contributed by atoms with Gasteiger partial charge >= 0.3 is 0 Å². The molecule has 0 saturated carbocycles. The second-order valence-electron chi connectivity index (χ2n) is 2.49. The van der Waals surface area contributed by atoms with Crippen LogP contribution < -0.4 is 5.48 Å². The fourth-order valence-electron chi connectivity index (χ4n) is 1.10. The number of phenols is 1. The lowest BCUT2D eigenvalue weighted by Gasteiger charge is -2.08. The Hall–Kier alpha value is -0.710. The molecule has 0 radical (unpaired) electrons. The number of hydroxylamine groups is 1. The van der Waals surface area contributed by atoms with Gasteiger partial charge in [0.05, 0.1) is 12.0 Å². The maximum atomic E-state index is 9.50. The van der Waals surface area contributed by atoms with E-state index in [1.807, 2.05) is 18.4 Å². The fourth-order valence-corrected chi connectivity index (χ4v) is 1.78. The van der Waals surface area contributed by atoms with Gasteiger partial charge in [0.25, 0.3) is 0 Å². The third kappa shape index (κ3) is 2.62.